The van der Waals surface area contributed by atoms with Crippen LogP contribution in [0.5, 0.6) is 5.75 Å². The fourth-order valence-corrected chi connectivity index (χ4v) is 1.52. The molecule has 3 nitrogen and oxygen atoms in total. The first kappa shape index (κ1) is 10.7. The predicted molar refractivity (Wildman–Crippen MR) is 62.4 cm³/mol. The molecule has 0 atom stereocenters. The highest BCUT2D eigenvalue weighted by atomic mass is 16.5. The summed E-state index contributed by atoms with van der Waals surface area (Å²) in [6.07, 6.45) is 5.54. The van der Waals surface area contributed by atoms with E-state index in [1.807, 2.05) is 31.3 Å². The van der Waals surface area contributed by atoms with Crippen molar-refractivity contribution < 1.29 is 4.74 Å². The summed E-state index contributed by atoms with van der Waals surface area (Å²) in [5.74, 6) is 0.915. The molecule has 0 aliphatic carbocycles. The van der Waals surface area contributed by atoms with Crippen molar-refractivity contribution in [1.29, 1.82) is 0 Å². The van der Waals surface area contributed by atoms with Gasteiger partial charge in [0, 0.05) is 6.20 Å². The van der Waals surface area contributed by atoms with E-state index in [4.69, 9.17) is 4.74 Å². The molecule has 0 fully saturated rings. The van der Waals surface area contributed by atoms with Crippen LogP contribution >= 0.6 is 0 Å². The fourth-order valence-electron chi connectivity index (χ4n) is 1.52. The highest BCUT2D eigenvalue weighted by Gasteiger charge is 1.96. The molecule has 2 aromatic rings. The first-order valence-corrected chi connectivity index (χ1v) is 5.43. The molecule has 1 aromatic carbocycles. The first-order chi connectivity index (χ1) is 7.84. The fraction of sp³-hybridized carbons (Fsp3) is 0.308. The number of nitrogens with zero attached hydrogens (tertiary/aromatic N) is 1. The molecule has 0 aliphatic heterocycles. The minimum atomic E-state index is 0.719. The van der Waals surface area contributed by atoms with E-state index >= 15 is 0 Å². The Morgan fingerprint density at radius 1 is 1.50 bits per heavy atom. The number of aryl methyl sites for hydroxylation is 2. The second-order valence-corrected chi connectivity index (χ2v) is 3.72. The van der Waals surface area contributed by atoms with Gasteiger partial charge in [-0.2, -0.15) is 0 Å². The summed E-state index contributed by atoms with van der Waals surface area (Å²) in [6, 6.07) is 8.90. The second-order valence-electron chi connectivity index (χ2n) is 3.72. The molecule has 2 rings (SSSR count). The third kappa shape index (κ3) is 3.12. The summed E-state index contributed by atoms with van der Waals surface area (Å²) in [6.45, 7) is 2.73. The van der Waals surface area contributed by atoms with Gasteiger partial charge < -0.3 is 9.72 Å². The Labute approximate surface area is 95.5 Å². The zero-order valence-electron chi connectivity index (χ0n) is 9.36. The van der Waals surface area contributed by atoms with Crippen LogP contribution < -0.4 is 4.74 Å². The van der Waals surface area contributed by atoms with Crippen molar-refractivity contribution in [1.82, 2.24) is 9.97 Å². The Bertz CT molecular complexity index is 423. The number of ether oxygens (including phenoxy) is 1. The molecule has 1 radical (unpaired) electrons. The number of H-pyrrole nitrogens is 1. The molecule has 1 heterocycles. The molecule has 83 valence electrons. The van der Waals surface area contributed by atoms with Gasteiger partial charge in [0.05, 0.1) is 18.6 Å². The summed E-state index contributed by atoms with van der Waals surface area (Å²) in [5.41, 5.74) is 2.19. The van der Waals surface area contributed by atoms with Crippen LogP contribution in [0.25, 0.3) is 0 Å². The van der Waals surface area contributed by atoms with E-state index < -0.39 is 0 Å². The lowest BCUT2D eigenvalue weighted by molar-refractivity contribution is 0.310. The molecule has 0 spiro atoms. The second kappa shape index (κ2) is 5.35. The Kier molecular flexibility index (Phi) is 3.59. The van der Waals surface area contributed by atoms with Gasteiger partial charge in [0.1, 0.15) is 5.75 Å². The Hall–Kier alpha value is -1.77. The van der Waals surface area contributed by atoms with Crippen LogP contribution in [0.2, 0.25) is 0 Å². The average Bonchev–Trinajstić information content (AvgIpc) is 2.77. The number of hydrogen-bond acceptors (Lipinski definition) is 2. The van der Waals surface area contributed by atoms with Crippen LogP contribution in [0.4, 0.5) is 0 Å². The minimum Gasteiger partial charge on any atom is -0.494 e. The summed E-state index contributed by atoms with van der Waals surface area (Å²) in [4.78, 5) is 7.10. The Balaban J connectivity index is 1.72. The van der Waals surface area contributed by atoms with E-state index in [0.29, 0.717) is 0 Å². The molecule has 16 heavy (non-hydrogen) atoms. The van der Waals surface area contributed by atoms with Crippen molar-refractivity contribution in [3.8, 4) is 5.75 Å². The summed E-state index contributed by atoms with van der Waals surface area (Å²) in [5, 5.41) is 0. The van der Waals surface area contributed by atoms with Crippen molar-refractivity contribution in [3.05, 3.63) is 48.0 Å². The van der Waals surface area contributed by atoms with Crippen molar-refractivity contribution in [2.75, 3.05) is 6.61 Å². The monoisotopic (exact) mass is 215 g/mol. The summed E-state index contributed by atoms with van der Waals surface area (Å²) < 4.78 is 5.63. The molecule has 0 bridgehead atoms. The summed E-state index contributed by atoms with van der Waals surface area (Å²) >= 11 is 0. The summed E-state index contributed by atoms with van der Waals surface area (Å²) in [7, 11) is 0. The van der Waals surface area contributed by atoms with Gasteiger partial charge >= 0.3 is 0 Å². The Morgan fingerprint density at radius 3 is 3.19 bits per heavy atom. The van der Waals surface area contributed by atoms with E-state index in [0.717, 1.165) is 36.5 Å². The minimum absolute atomic E-state index is 0.719. The highest BCUT2D eigenvalue weighted by molar-refractivity contribution is 5.26. The molecular formula is C13H15N2O. The predicted octanol–water partition coefficient (Wildman–Crippen LogP) is 2.53. The third-order valence-corrected chi connectivity index (χ3v) is 2.32. The van der Waals surface area contributed by atoms with Gasteiger partial charge in [-0.1, -0.05) is 6.07 Å². The standard InChI is InChI=1S/C13H15N2O/c1-11-4-2-6-13(8-11)16-7-3-5-12-9-14-10-15-12/h2,6,8-10H,3,5,7H2,1H3,(H,14,15). The first-order valence-electron chi connectivity index (χ1n) is 5.43. The van der Waals surface area contributed by atoms with E-state index in [1.54, 1.807) is 6.33 Å². The van der Waals surface area contributed by atoms with Crippen molar-refractivity contribution in [3.63, 3.8) is 0 Å². The van der Waals surface area contributed by atoms with Crippen molar-refractivity contribution in [2.45, 2.75) is 19.8 Å². The molecular weight excluding hydrogens is 200 g/mol. The maximum atomic E-state index is 5.63. The third-order valence-electron chi connectivity index (χ3n) is 2.32. The zero-order chi connectivity index (χ0) is 11.2. The van der Waals surface area contributed by atoms with Crippen LogP contribution in [0.3, 0.4) is 0 Å². The normalized spacial score (nSPS) is 10.3. The lowest BCUT2D eigenvalue weighted by Gasteiger charge is -2.05. The van der Waals surface area contributed by atoms with Gasteiger partial charge in [0.15, 0.2) is 0 Å². The quantitative estimate of drug-likeness (QED) is 0.778. The van der Waals surface area contributed by atoms with Crippen molar-refractivity contribution in [2.24, 2.45) is 0 Å². The van der Waals surface area contributed by atoms with E-state index in [-0.39, 0.29) is 0 Å². The number of rotatable bonds is 5. The number of benzene rings is 1. The molecule has 1 aromatic heterocycles. The van der Waals surface area contributed by atoms with Gasteiger partial charge in [-0.3, -0.25) is 0 Å². The van der Waals surface area contributed by atoms with Crippen LogP contribution in [-0.4, -0.2) is 16.6 Å². The molecule has 0 saturated heterocycles. The lowest BCUT2D eigenvalue weighted by Crippen LogP contribution is -1.99. The van der Waals surface area contributed by atoms with Gasteiger partial charge in [-0.05, 0) is 43.5 Å². The molecule has 0 amide bonds. The Morgan fingerprint density at radius 2 is 2.44 bits per heavy atom. The van der Waals surface area contributed by atoms with E-state index in [1.165, 1.54) is 0 Å². The molecule has 3 heteroatoms. The average molecular weight is 215 g/mol. The SMILES string of the molecule is Cc1[c]ccc(OCCCc2c[nH]cn2)c1. The molecule has 0 aliphatic rings. The number of nitrogens with one attached hydrogen (secondary N) is 1. The van der Waals surface area contributed by atoms with Crippen LogP contribution in [-0.2, 0) is 6.42 Å². The number of aromatic nitrogens is 2. The number of imidazole rings is 1. The van der Waals surface area contributed by atoms with E-state index in [2.05, 4.69) is 16.0 Å². The zero-order valence-corrected chi connectivity index (χ0v) is 9.36. The molecule has 0 saturated carbocycles. The van der Waals surface area contributed by atoms with Gasteiger partial charge in [0.2, 0.25) is 0 Å². The highest BCUT2D eigenvalue weighted by Crippen LogP contribution is 2.12. The van der Waals surface area contributed by atoms with Crippen molar-refractivity contribution >= 4 is 0 Å². The maximum Gasteiger partial charge on any atom is 0.119 e. The largest absolute Gasteiger partial charge is 0.494 e. The van der Waals surface area contributed by atoms with Gasteiger partial charge in [-0.15, -0.1) is 0 Å². The lowest BCUT2D eigenvalue weighted by atomic mass is 10.2. The maximum absolute atomic E-state index is 5.63. The molecule has 0 unspecified atom stereocenters. The van der Waals surface area contributed by atoms with Crippen LogP contribution in [0, 0.1) is 13.0 Å². The van der Waals surface area contributed by atoms with Crippen LogP contribution in [0.15, 0.2) is 30.7 Å². The smallest absolute Gasteiger partial charge is 0.119 e. The number of aromatic amines is 1. The van der Waals surface area contributed by atoms with Crippen LogP contribution in [0.1, 0.15) is 17.7 Å². The number of hydrogen-bond donors (Lipinski definition) is 1. The van der Waals surface area contributed by atoms with E-state index in [9.17, 15) is 0 Å². The molecule has 1 N–H and O–H groups in total. The topological polar surface area (TPSA) is 37.9 Å². The van der Waals surface area contributed by atoms with Gasteiger partial charge in [0.25, 0.3) is 0 Å². The van der Waals surface area contributed by atoms with Gasteiger partial charge in [-0.25, -0.2) is 4.98 Å².